The lowest BCUT2D eigenvalue weighted by Crippen LogP contribution is -2.58. The van der Waals surface area contributed by atoms with Crippen LogP contribution in [0.5, 0.6) is 0 Å². The third kappa shape index (κ3) is 2.15. The molecule has 2 heteroatoms. The Morgan fingerprint density at radius 3 is 2.47 bits per heavy atom. The Morgan fingerprint density at radius 2 is 1.88 bits per heavy atom. The minimum absolute atomic E-state index is 0.0556. The maximum absolute atomic E-state index is 6.37. The van der Waals surface area contributed by atoms with E-state index in [0.717, 1.165) is 12.5 Å². The van der Waals surface area contributed by atoms with E-state index in [1.807, 2.05) is 0 Å². The van der Waals surface area contributed by atoms with E-state index >= 15 is 0 Å². The number of nitrogens with zero attached hydrogens (tertiary/aromatic N) is 1. The second kappa shape index (κ2) is 4.89. The van der Waals surface area contributed by atoms with Crippen LogP contribution in [0.1, 0.15) is 60.3 Å². The minimum Gasteiger partial charge on any atom is -0.358 e. The predicted octanol–water partition coefficient (Wildman–Crippen LogP) is 3.66. The lowest BCUT2D eigenvalue weighted by Gasteiger charge is -2.50. The van der Waals surface area contributed by atoms with Crippen LogP contribution in [0.2, 0.25) is 0 Å². The SMILES string of the molecule is CC(C)C1CCCCC12OCC(C)N2C(C)C. The number of rotatable bonds is 2. The second-order valence-electron chi connectivity index (χ2n) is 6.60. The van der Waals surface area contributed by atoms with Crippen molar-refractivity contribution in [3.8, 4) is 0 Å². The summed E-state index contributed by atoms with van der Waals surface area (Å²) in [5.41, 5.74) is 0.0556. The van der Waals surface area contributed by atoms with E-state index in [1.165, 1.54) is 25.7 Å². The van der Waals surface area contributed by atoms with E-state index in [0.29, 0.717) is 18.0 Å². The molecular formula is C15H29NO. The molecule has 1 spiro atoms. The van der Waals surface area contributed by atoms with Gasteiger partial charge in [-0.15, -0.1) is 0 Å². The fourth-order valence-electron chi connectivity index (χ4n) is 4.25. The van der Waals surface area contributed by atoms with E-state index in [1.54, 1.807) is 0 Å². The lowest BCUT2D eigenvalue weighted by molar-refractivity contribution is -0.170. The van der Waals surface area contributed by atoms with Gasteiger partial charge in [0, 0.05) is 18.0 Å². The van der Waals surface area contributed by atoms with Crippen molar-refractivity contribution in [2.45, 2.75) is 78.1 Å². The molecule has 0 N–H and O–H groups in total. The van der Waals surface area contributed by atoms with E-state index < -0.39 is 0 Å². The monoisotopic (exact) mass is 239 g/mol. The van der Waals surface area contributed by atoms with Crippen LogP contribution in [0.4, 0.5) is 0 Å². The smallest absolute Gasteiger partial charge is 0.125 e. The average Bonchev–Trinajstić information content (AvgIpc) is 2.56. The van der Waals surface area contributed by atoms with Crippen LogP contribution < -0.4 is 0 Å². The maximum Gasteiger partial charge on any atom is 0.125 e. The van der Waals surface area contributed by atoms with E-state index in [4.69, 9.17) is 4.74 Å². The van der Waals surface area contributed by atoms with Crippen molar-refractivity contribution in [2.75, 3.05) is 6.61 Å². The molecule has 0 bridgehead atoms. The molecule has 0 radical (unpaired) electrons. The Morgan fingerprint density at radius 1 is 1.18 bits per heavy atom. The van der Waals surface area contributed by atoms with Gasteiger partial charge in [0.2, 0.25) is 0 Å². The summed E-state index contributed by atoms with van der Waals surface area (Å²) in [6.45, 7) is 12.6. The number of hydrogen-bond acceptors (Lipinski definition) is 2. The fourth-order valence-corrected chi connectivity index (χ4v) is 4.25. The quantitative estimate of drug-likeness (QED) is 0.729. The van der Waals surface area contributed by atoms with Gasteiger partial charge in [-0.2, -0.15) is 0 Å². The molecule has 1 saturated carbocycles. The molecule has 0 aromatic rings. The van der Waals surface area contributed by atoms with Gasteiger partial charge < -0.3 is 4.74 Å². The molecular weight excluding hydrogens is 210 g/mol. The maximum atomic E-state index is 6.37. The third-order valence-electron chi connectivity index (χ3n) is 4.73. The summed E-state index contributed by atoms with van der Waals surface area (Å²) in [5.74, 6) is 1.44. The number of ether oxygens (including phenoxy) is 1. The Bertz CT molecular complexity index is 260. The first-order chi connectivity index (χ1) is 7.99. The van der Waals surface area contributed by atoms with Crippen molar-refractivity contribution in [3.63, 3.8) is 0 Å². The Balaban J connectivity index is 2.30. The molecule has 1 aliphatic heterocycles. The van der Waals surface area contributed by atoms with Gasteiger partial charge in [0.25, 0.3) is 0 Å². The van der Waals surface area contributed by atoms with Crippen LogP contribution in [0.25, 0.3) is 0 Å². The zero-order valence-corrected chi connectivity index (χ0v) is 12.2. The van der Waals surface area contributed by atoms with Crippen molar-refractivity contribution in [3.05, 3.63) is 0 Å². The Hall–Kier alpha value is -0.0800. The topological polar surface area (TPSA) is 12.5 Å². The van der Waals surface area contributed by atoms with Crippen molar-refractivity contribution in [2.24, 2.45) is 11.8 Å². The van der Waals surface area contributed by atoms with E-state index in [2.05, 4.69) is 39.5 Å². The van der Waals surface area contributed by atoms with Crippen LogP contribution in [-0.2, 0) is 4.74 Å². The largest absolute Gasteiger partial charge is 0.358 e. The summed E-state index contributed by atoms with van der Waals surface area (Å²) in [6.07, 6.45) is 5.29. The molecule has 3 atom stereocenters. The van der Waals surface area contributed by atoms with Crippen LogP contribution in [0, 0.1) is 11.8 Å². The molecule has 3 unspecified atom stereocenters. The highest BCUT2D eigenvalue weighted by molar-refractivity contribution is 5.00. The highest BCUT2D eigenvalue weighted by Gasteiger charge is 2.53. The highest BCUT2D eigenvalue weighted by atomic mass is 16.5. The standard InChI is InChI=1S/C15H29NO/c1-11(2)14-8-6-7-9-15(14)16(12(3)4)13(5)10-17-15/h11-14H,6-10H2,1-5H3. The second-order valence-corrected chi connectivity index (χ2v) is 6.60. The molecule has 0 aromatic carbocycles. The van der Waals surface area contributed by atoms with Crippen LogP contribution >= 0.6 is 0 Å². The van der Waals surface area contributed by atoms with Crippen LogP contribution in [0.15, 0.2) is 0 Å². The average molecular weight is 239 g/mol. The first-order valence-electron chi connectivity index (χ1n) is 7.41. The zero-order chi connectivity index (χ0) is 12.6. The van der Waals surface area contributed by atoms with Gasteiger partial charge in [-0.1, -0.05) is 20.3 Å². The van der Waals surface area contributed by atoms with Gasteiger partial charge in [-0.3, -0.25) is 4.90 Å². The van der Waals surface area contributed by atoms with E-state index in [9.17, 15) is 0 Å². The van der Waals surface area contributed by atoms with Crippen molar-refractivity contribution < 1.29 is 4.74 Å². The van der Waals surface area contributed by atoms with Gasteiger partial charge in [0.05, 0.1) is 6.61 Å². The first kappa shape index (κ1) is 13.4. The van der Waals surface area contributed by atoms with Gasteiger partial charge in [-0.05, 0) is 46.0 Å². The predicted molar refractivity (Wildman–Crippen MR) is 71.9 cm³/mol. The summed E-state index contributed by atoms with van der Waals surface area (Å²) in [4.78, 5) is 2.66. The minimum atomic E-state index is 0.0556. The summed E-state index contributed by atoms with van der Waals surface area (Å²) in [5, 5.41) is 0. The van der Waals surface area contributed by atoms with Crippen molar-refractivity contribution in [1.29, 1.82) is 0 Å². The molecule has 0 aromatic heterocycles. The Kier molecular flexibility index (Phi) is 3.84. The number of hydrogen-bond donors (Lipinski definition) is 0. The normalized spacial score (nSPS) is 39.7. The van der Waals surface area contributed by atoms with Crippen LogP contribution in [-0.4, -0.2) is 29.3 Å². The summed E-state index contributed by atoms with van der Waals surface area (Å²) in [7, 11) is 0. The Labute approximate surface area is 107 Å². The van der Waals surface area contributed by atoms with Crippen molar-refractivity contribution >= 4 is 0 Å². The molecule has 2 nitrogen and oxygen atoms in total. The first-order valence-corrected chi connectivity index (χ1v) is 7.41. The summed E-state index contributed by atoms with van der Waals surface area (Å²) < 4.78 is 6.37. The fraction of sp³-hybridized carbons (Fsp3) is 1.00. The zero-order valence-electron chi connectivity index (χ0n) is 12.2. The summed E-state index contributed by atoms with van der Waals surface area (Å²) in [6, 6.07) is 1.17. The molecule has 1 saturated heterocycles. The molecule has 100 valence electrons. The lowest BCUT2D eigenvalue weighted by atomic mass is 9.73. The van der Waals surface area contributed by atoms with Gasteiger partial charge in [-0.25, -0.2) is 0 Å². The molecule has 0 amide bonds. The molecule has 2 fully saturated rings. The highest BCUT2D eigenvalue weighted by Crippen LogP contribution is 2.47. The summed E-state index contributed by atoms with van der Waals surface area (Å²) >= 11 is 0. The molecule has 2 aliphatic rings. The molecule has 1 heterocycles. The van der Waals surface area contributed by atoms with Gasteiger partial charge in [0.15, 0.2) is 0 Å². The third-order valence-corrected chi connectivity index (χ3v) is 4.73. The molecule has 1 aliphatic carbocycles. The van der Waals surface area contributed by atoms with E-state index in [-0.39, 0.29) is 5.72 Å². The van der Waals surface area contributed by atoms with Gasteiger partial charge in [0.1, 0.15) is 5.72 Å². The van der Waals surface area contributed by atoms with Crippen LogP contribution in [0.3, 0.4) is 0 Å². The molecule has 2 rings (SSSR count). The van der Waals surface area contributed by atoms with Crippen molar-refractivity contribution in [1.82, 2.24) is 4.90 Å². The van der Waals surface area contributed by atoms with Gasteiger partial charge >= 0.3 is 0 Å². The molecule has 17 heavy (non-hydrogen) atoms.